The van der Waals surface area contributed by atoms with Gasteiger partial charge in [-0.25, -0.2) is 5.06 Å². The normalized spacial score (nSPS) is 21.4. The maximum Gasteiger partial charge on any atom is 0.262 e. The summed E-state index contributed by atoms with van der Waals surface area (Å²) >= 11 is 0. The lowest BCUT2D eigenvalue weighted by Crippen LogP contribution is -2.36. The quantitative estimate of drug-likeness (QED) is 0.449. The Morgan fingerprint density at radius 1 is 0.886 bits per heavy atom. The van der Waals surface area contributed by atoms with Crippen LogP contribution in [0.25, 0.3) is 0 Å². The lowest BCUT2D eigenvalue weighted by Gasteiger charge is -2.29. The average Bonchev–Trinajstić information content (AvgIpc) is 3.40. The van der Waals surface area contributed by atoms with Crippen LogP contribution in [0.4, 0.5) is 5.69 Å². The predicted octanol–water partition coefficient (Wildman–Crippen LogP) is 4.53. The van der Waals surface area contributed by atoms with Crippen molar-refractivity contribution in [2.45, 2.75) is 32.0 Å². The summed E-state index contributed by atoms with van der Waals surface area (Å²) in [5.74, 6) is -0.0251. The van der Waals surface area contributed by atoms with Crippen LogP contribution >= 0.6 is 0 Å². The van der Waals surface area contributed by atoms with Crippen molar-refractivity contribution >= 4 is 17.5 Å². The number of hydroxylamine groups is 1. The molecular formula is C28H28N2O5. The van der Waals surface area contributed by atoms with Gasteiger partial charge >= 0.3 is 0 Å². The van der Waals surface area contributed by atoms with E-state index >= 15 is 0 Å². The second-order valence-electron chi connectivity index (χ2n) is 8.66. The maximum absolute atomic E-state index is 13.7. The maximum atomic E-state index is 13.7. The second-order valence-corrected chi connectivity index (χ2v) is 8.66. The van der Waals surface area contributed by atoms with Gasteiger partial charge in [0.15, 0.2) is 17.6 Å². The molecule has 2 saturated heterocycles. The van der Waals surface area contributed by atoms with Crippen molar-refractivity contribution in [3.8, 4) is 11.5 Å². The molecule has 3 aromatic carbocycles. The molecule has 0 aliphatic carbocycles. The van der Waals surface area contributed by atoms with Gasteiger partial charge in [-0.05, 0) is 41.8 Å². The van der Waals surface area contributed by atoms with Gasteiger partial charge in [-0.15, -0.1) is 0 Å². The van der Waals surface area contributed by atoms with Crippen molar-refractivity contribution in [1.29, 1.82) is 0 Å². The van der Waals surface area contributed by atoms with Crippen molar-refractivity contribution in [1.82, 2.24) is 4.90 Å². The summed E-state index contributed by atoms with van der Waals surface area (Å²) in [6.07, 6.45) is -0.0146. The summed E-state index contributed by atoms with van der Waals surface area (Å²) in [5.41, 5.74) is 2.47. The highest BCUT2D eigenvalue weighted by molar-refractivity contribution is 6.07. The van der Waals surface area contributed by atoms with Gasteiger partial charge in [-0.1, -0.05) is 61.5 Å². The van der Waals surface area contributed by atoms with Crippen molar-refractivity contribution in [2.75, 3.05) is 18.8 Å². The summed E-state index contributed by atoms with van der Waals surface area (Å²) in [4.78, 5) is 34.5. The van der Waals surface area contributed by atoms with Crippen LogP contribution in [-0.4, -0.2) is 36.5 Å². The van der Waals surface area contributed by atoms with Crippen LogP contribution in [0, 0.1) is 5.92 Å². The zero-order valence-corrected chi connectivity index (χ0v) is 19.8. The van der Waals surface area contributed by atoms with Crippen LogP contribution in [0.15, 0.2) is 78.9 Å². The molecule has 0 aromatic heterocycles. The first-order valence-electron chi connectivity index (χ1n) is 11.8. The van der Waals surface area contributed by atoms with E-state index in [1.807, 2.05) is 85.8 Å². The Morgan fingerprint density at radius 3 is 2.29 bits per heavy atom. The predicted molar refractivity (Wildman–Crippen MR) is 131 cm³/mol. The van der Waals surface area contributed by atoms with Crippen LogP contribution in [0.1, 0.15) is 30.5 Å². The molecule has 2 fully saturated rings. The zero-order valence-electron chi connectivity index (χ0n) is 19.8. The van der Waals surface area contributed by atoms with Gasteiger partial charge in [0.25, 0.3) is 5.91 Å². The van der Waals surface area contributed by atoms with E-state index in [9.17, 15) is 9.59 Å². The van der Waals surface area contributed by atoms with Crippen LogP contribution < -0.4 is 14.5 Å². The Labute approximate surface area is 204 Å². The number of carbonyl (C=O) groups is 2. The number of hydrogen-bond donors (Lipinski definition) is 0. The third kappa shape index (κ3) is 4.23. The molecule has 35 heavy (non-hydrogen) atoms. The Bertz CT molecular complexity index is 1200. The van der Waals surface area contributed by atoms with E-state index < -0.39 is 18.1 Å². The summed E-state index contributed by atoms with van der Waals surface area (Å²) in [6, 6.07) is 24.2. The highest BCUT2D eigenvalue weighted by atomic mass is 16.7. The SMILES string of the molecule is CCCOc1ccc([C@@H]2[C@H]3C(=O)N(Cc4ccccc4)C(=O)[C@H]3ON2c2ccccc2)cc1OC. The number of para-hydroxylation sites is 1. The number of likely N-dealkylation sites (tertiary alicyclic amines) is 1. The zero-order chi connectivity index (χ0) is 24.4. The number of ether oxygens (including phenoxy) is 2. The number of rotatable bonds is 8. The Morgan fingerprint density at radius 2 is 1.60 bits per heavy atom. The summed E-state index contributed by atoms with van der Waals surface area (Å²) in [7, 11) is 1.59. The van der Waals surface area contributed by atoms with E-state index in [2.05, 4.69) is 0 Å². The van der Waals surface area contributed by atoms with Crippen LogP contribution in [-0.2, 0) is 21.0 Å². The molecule has 2 aliphatic heterocycles. The first-order chi connectivity index (χ1) is 17.1. The van der Waals surface area contributed by atoms with E-state index in [1.165, 1.54) is 4.90 Å². The van der Waals surface area contributed by atoms with Crippen LogP contribution in [0.2, 0.25) is 0 Å². The topological polar surface area (TPSA) is 68.3 Å². The first kappa shape index (κ1) is 22.9. The summed E-state index contributed by atoms with van der Waals surface area (Å²) < 4.78 is 11.4. The second kappa shape index (κ2) is 9.80. The van der Waals surface area contributed by atoms with E-state index in [0.29, 0.717) is 18.1 Å². The molecule has 0 radical (unpaired) electrons. The number of anilines is 1. The highest BCUT2D eigenvalue weighted by Crippen LogP contribution is 2.48. The Balaban J connectivity index is 1.52. The molecular weight excluding hydrogens is 444 g/mol. The third-order valence-corrected chi connectivity index (χ3v) is 6.39. The summed E-state index contributed by atoms with van der Waals surface area (Å²) in [5, 5.41) is 1.69. The standard InChI is InChI=1S/C28H28N2O5/c1-3-16-34-22-15-14-20(17-23(22)33-2)25-24-26(35-30(25)21-12-8-5-9-13-21)28(32)29(27(24)31)18-19-10-6-4-7-11-19/h4-15,17,24-26H,3,16,18H2,1-2H3/t24-,25-,26+/m1/s1. The molecule has 3 aromatic rings. The van der Waals surface area contributed by atoms with Gasteiger partial charge in [0, 0.05) is 0 Å². The van der Waals surface area contributed by atoms with E-state index in [4.69, 9.17) is 14.3 Å². The molecule has 0 N–H and O–H groups in total. The fourth-order valence-corrected chi connectivity index (χ4v) is 4.73. The van der Waals surface area contributed by atoms with Crippen molar-refractivity contribution < 1.29 is 23.9 Å². The van der Waals surface area contributed by atoms with E-state index in [-0.39, 0.29) is 18.4 Å². The van der Waals surface area contributed by atoms with Gasteiger partial charge in [0.1, 0.15) is 5.92 Å². The van der Waals surface area contributed by atoms with E-state index in [1.54, 1.807) is 12.2 Å². The molecule has 7 nitrogen and oxygen atoms in total. The average molecular weight is 473 g/mol. The first-order valence-corrected chi connectivity index (χ1v) is 11.8. The minimum absolute atomic E-state index is 0.222. The lowest BCUT2D eigenvalue weighted by atomic mass is 9.90. The number of amides is 2. The molecule has 0 unspecified atom stereocenters. The number of benzene rings is 3. The van der Waals surface area contributed by atoms with Crippen LogP contribution in [0.5, 0.6) is 11.5 Å². The van der Waals surface area contributed by atoms with E-state index in [0.717, 1.165) is 23.2 Å². The molecule has 0 bridgehead atoms. The molecule has 7 heteroatoms. The number of hydrogen-bond acceptors (Lipinski definition) is 6. The van der Waals surface area contributed by atoms with Gasteiger partial charge in [-0.3, -0.25) is 19.3 Å². The number of imide groups is 1. The smallest absolute Gasteiger partial charge is 0.262 e. The molecule has 180 valence electrons. The molecule has 2 amide bonds. The van der Waals surface area contributed by atoms with Gasteiger partial charge in [0.2, 0.25) is 5.91 Å². The molecule has 2 aliphatic rings. The molecule has 3 atom stereocenters. The van der Waals surface area contributed by atoms with Gasteiger partial charge in [0.05, 0.1) is 32.0 Å². The van der Waals surface area contributed by atoms with Gasteiger partial charge < -0.3 is 9.47 Å². The largest absolute Gasteiger partial charge is 0.493 e. The minimum Gasteiger partial charge on any atom is -0.493 e. The number of carbonyl (C=O) groups excluding carboxylic acids is 2. The van der Waals surface area contributed by atoms with Crippen LogP contribution in [0.3, 0.4) is 0 Å². The number of methoxy groups -OCH3 is 1. The highest BCUT2D eigenvalue weighted by Gasteiger charge is 2.59. The Kier molecular flexibility index (Phi) is 6.42. The van der Waals surface area contributed by atoms with Crippen molar-refractivity contribution in [2.24, 2.45) is 5.92 Å². The molecule has 2 heterocycles. The van der Waals surface area contributed by atoms with Crippen molar-refractivity contribution in [3.63, 3.8) is 0 Å². The number of nitrogens with zero attached hydrogens (tertiary/aromatic N) is 2. The van der Waals surface area contributed by atoms with Gasteiger partial charge in [-0.2, -0.15) is 0 Å². The summed E-state index contributed by atoms with van der Waals surface area (Å²) in [6.45, 7) is 2.84. The third-order valence-electron chi connectivity index (χ3n) is 6.39. The minimum atomic E-state index is -0.890. The molecule has 0 spiro atoms. The molecule has 5 rings (SSSR count). The fraction of sp³-hybridized carbons (Fsp3) is 0.286. The molecule has 0 saturated carbocycles. The number of fused-ring (bicyclic) bond motifs is 1. The van der Waals surface area contributed by atoms with Crippen molar-refractivity contribution in [3.05, 3.63) is 90.0 Å². The fourth-order valence-electron chi connectivity index (χ4n) is 4.73. The monoisotopic (exact) mass is 472 g/mol. The Hall–Kier alpha value is -3.84. The lowest BCUT2D eigenvalue weighted by molar-refractivity contribution is -0.143.